The highest BCUT2D eigenvalue weighted by molar-refractivity contribution is 9.10. The summed E-state index contributed by atoms with van der Waals surface area (Å²) in [6.07, 6.45) is 0.793. The van der Waals surface area contributed by atoms with Gasteiger partial charge in [0, 0.05) is 34.6 Å². The van der Waals surface area contributed by atoms with Crippen LogP contribution >= 0.6 is 15.9 Å². The minimum absolute atomic E-state index is 0.0520. The summed E-state index contributed by atoms with van der Waals surface area (Å²) in [6, 6.07) is 8.77. The predicted octanol–water partition coefficient (Wildman–Crippen LogP) is 3.77. The molecule has 20 heavy (non-hydrogen) atoms. The number of likely N-dealkylation sites (N-methyl/N-ethyl adjacent to an activating group) is 1. The number of nitro groups is 1. The van der Waals surface area contributed by atoms with Gasteiger partial charge in [-0.05, 0) is 48.1 Å². The van der Waals surface area contributed by atoms with Crippen molar-refractivity contribution in [1.29, 1.82) is 0 Å². The molecule has 0 saturated heterocycles. The zero-order chi connectivity index (χ0) is 14.7. The Balaban J connectivity index is 2.26. The molecule has 0 aliphatic rings. The molecule has 1 heterocycles. The van der Waals surface area contributed by atoms with Crippen molar-refractivity contribution in [2.45, 2.75) is 19.4 Å². The topological polar surface area (TPSA) is 68.3 Å². The lowest BCUT2D eigenvalue weighted by Crippen LogP contribution is -2.23. The largest absolute Gasteiger partial charge is 0.461 e. The average Bonchev–Trinajstić information content (AvgIpc) is 2.86. The summed E-state index contributed by atoms with van der Waals surface area (Å²) in [7, 11) is 1.90. The molecule has 2 aromatic rings. The van der Waals surface area contributed by atoms with Crippen molar-refractivity contribution >= 4 is 21.6 Å². The maximum Gasteiger partial charge on any atom is 0.270 e. The summed E-state index contributed by atoms with van der Waals surface area (Å²) in [5.41, 5.74) is 0.857. The van der Waals surface area contributed by atoms with E-state index in [0.29, 0.717) is 16.3 Å². The maximum absolute atomic E-state index is 10.7. The lowest BCUT2D eigenvalue weighted by atomic mass is 10.1. The SMILES string of the molecule is CNC(C)Cc1ccc(-c2ccc([N+](=O)[O-])cc2Br)o1. The molecule has 106 valence electrons. The Bertz CT molecular complexity index is 625. The number of nitro benzene ring substituents is 1. The van der Waals surface area contributed by atoms with Gasteiger partial charge < -0.3 is 9.73 Å². The fraction of sp³-hybridized carbons (Fsp3) is 0.286. The highest BCUT2D eigenvalue weighted by Crippen LogP contribution is 2.32. The molecular weight excluding hydrogens is 324 g/mol. The van der Waals surface area contributed by atoms with E-state index in [1.165, 1.54) is 12.1 Å². The van der Waals surface area contributed by atoms with Crippen LogP contribution in [0.3, 0.4) is 0 Å². The second-order valence-electron chi connectivity index (χ2n) is 4.58. The molecule has 0 amide bonds. The molecule has 1 unspecified atom stereocenters. The van der Waals surface area contributed by atoms with Crippen molar-refractivity contribution in [1.82, 2.24) is 5.32 Å². The van der Waals surface area contributed by atoms with Crippen LogP contribution in [-0.4, -0.2) is 18.0 Å². The van der Waals surface area contributed by atoms with Gasteiger partial charge >= 0.3 is 0 Å². The van der Waals surface area contributed by atoms with Gasteiger partial charge in [0.15, 0.2) is 0 Å². The van der Waals surface area contributed by atoms with Crippen molar-refractivity contribution in [3.63, 3.8) is 0 Å². The average molecular weight is 339 g/mol. The highest BCUT2D eigenvalue weighted by atomic mass is 79.9. The number of non-ortho nitro benzene ring substituents is 1. The number of rotatable bonds is 5. The lowest BCUT2D eigenvalue weighted by molar-refractivity contribution is -0.384. The minimum atomic E-state index is -0.420. The van der Waals surface area contributed by atoms with Crippen LogP contribution in [0.25, 0.3) is 11.3 Å². The number of hydrogen-bond donors (Lipinski definition) is 1. The summed E-state index contributed by atoms with van der Waals surface area (Å²) in [6.45, 7) is 2.07. The van der Waals surface area contributed by atoms with E-state index >= 15 is 0 Å². The molecule has 2 rings (SSSR count). The van der Waals surface area contributed by atoms with E-state index in [-0.39, 0.29) is 5.69 Å². The van der Waals surface area contributed by atoms with Crippen LogP contribution < -0.4 is 5.32 Å². The normalized spacial score (nSPS) is 12.3. The number of nitrogens with one attached hydrogen (secondary N) is 1. The van der Waals surface area contributed by atoms with E-state index in [2.05, 4.69) is 28.2 Å². The highest BCUT2D eigenvalue weighted by Gasteiger charge is 2.13. The lowest BCUT2D eigenvalue weighted by Gasteiger charge is -2.07. The predicted molar refractivity (Wildman–Crippen MR) is 80.7 cm³/mol. The van der Waals surface area contributed by atoms with Gasteiger partial charge in [-0.3, -0.25) is 10.1 Å². The number of halogens is 1. The molecular formula is C14H15BrN2O3. The number of benzene rings is 1. The van der Waals surface area contributed by atoms with Crippen LogP contribution in [0.5, 0.6) is 0 Å². The minimum Gasteiger partial charge on any atom is -0.461 e. The Hall–Kier alpha value is -1.66. The zero-order valence-corrected chi connectivity index (χ0v) is 12.8. The first-order chi connectivity index (χ1) is 9.51. The molecule has 0 spiro atoms. The van der Waals surface area contributed by atoms with Crippen LogP contribution in [0, 0.1) is 10.1 Å². The van der Waals surface area contributed by atoms with Crippen LogP contribution in [0.15, 0.2) is 39.2 Å². The Morgan fingerprint density at radius 3 is 2.75 bits per heavy atom. The Labute approximate surface area is 125 Å². The van der Waals surface area contributed by atoms with Gasteiger partial charge in [-0.25, -0.2) is 0 Å². The zero-order valence-electron chi connectivity index (χ0n) is 11.2. The summed E-state index contributed by atoms with van der Waals surface area (Å²) < 4.78 is 6.43. The van der Waals surface area contributed by atoms with Crippen LogP contribution in [0.4, 0.5) is 5.69 Å². The number of nitrogens with zero attached hydrogens (tertiary/aromatic N) is 1. The second-order valence-corrected chi connectivity index (χ2v) is 5.44. The molecule has 0 fully saturated rings. The first kappa shape index (κ1) is 14.7. The third kappa shape index (κ3) is 3.26. The molecule has 0 aliphatic heterocycles. The summed E-state index contributed by atoms with van der Waals surface area (Å²) >= 11 is 3.35. The Morgan fingerprint density at radius 1 is 1.40 bits per heavy atom. The van der Waals surface area contributed by atoms with E-state index in [1.807, 2.05) is 19.2 Å². The van der Waals surface area contributed by atoms with Gasteiger partial charge in [-0.1, -0.05) is 0 Å². The van der Waals surface area contributed by atoms with Gasteiger partial charge in [0.2, 0.25) is 0 Å². The van der Waals surface area contributed by atoms with Crippen molar-refractivity contribution in [3.8, 4) is 11.3 Å². The summed E-state index contributed by atoms with van der Waals surface area (Å²) in [4.78, 5) is 10.3. The number of furan rings is 1. The third-order valence-electron chi connectivity index (χ3n) is 3.09. The van der Waals surface area contributed by atoms with Crippen LogP contribution in [-0.2, 0) is 6.42 Å². The van der Waals surface area contributed by atoms with E-state index in [1.54, 1.807) is 6.07 Å². The third-order valence-corrected chi connectivity index (χ3v) is 3.75. The molecule has 0 aliphatic carbocycles. The van der Waals surface area contributed by atoms with Gasteiger partial charge in [-0.15, -0.1) is 0 Å². The standard InChI is InChI=1S/C14H15BrN2O3/c1-9(16-2)7-11-4-6-14(20-11)12-5-3-10(17(18)19)8-13(12)15/h3-6,8-9,16H,7H2,1-2H3. The maximum atomic E-state index is 10.7. The molecule has 0 radical (unpaired) electrons. The van der Waals surface area contributed by atoms with Crippen molar-refractivity contribution in [2.24, 2.45) is 0 Å². The molecule has 1 atom stereocenters. The Kier molecular flexibility index (Phi) is 4.57. The smallest absolute Gasteiger partial charge is 0.270 e. The second kappa shape index (κ2) is 6.19. The monoisotopic (exact) mass is 338 g/mol. The first-order valence-corrected chi connectivity index (χ1v) is 7.01. The van der Waals surface area contributed by atoms with Gasteiger partial charge in [-0.2, -0.15) is 0 Å². The summed E-state index contributed by atoms with van der Waals surface area (Å²) in [5, 5.41) is 13.9. The molecule has 0 saturated carbocycles. The molecule has 1 N–H and O–H groups in total. The van der Waals surface area contributed by atoms with Gasteiger partial charge in [0.1, 0.15) is 11.5 Å². The molecule has 5 nitrogen and oxygen atoms in total. The molecule has 1 aromatic heterocycles. The summed E-state index contributed by atoms with van der Waals surface area (Å²) in [5.74, 6) is 1.58. The fourth-order valence-corrected chi connectivity index (χ4v) is 2.42. The molecule has 0 bridgehead atoms. The van der Waals surface area contributed by atoms with Gasteiger partial charge in [0.05, 0.1) is 4.92 Å². The molecule has 6 heteroatoms. The first-order valence-electron chi connectivity index (χ1n) is 6.21. The fourth-order valence-electron chi connectivity index (χ4n) is 1.85. The van der Waals surface area contributed by atoms with Crippen molar-refractivity contribution in [3.05, 3.63) is 50.7 Å². The van der Waals surface area contributed by atoms with Crippen molar-refractivity contribution < 1.29 is 9.34 Å². The van der Waals surface area contributed by atoms with E-state index in [0.717, 1.165) is 17.7 Å². The van der Waals surface area contributed by atoms with E-state index in [4.69, 9.17) is 4.42 Å². The molecule has 1 aromatic carbocycles. The van der Waals surface area contributed by atoms with Crippen LogP contribution in [0.1, 0.15) is 12.7 Å². The number of hydrogen-bond acceptors (Lipinski definition) is 4. The van der Waals surface area contributed by atoms with Crippen molar-refractivity contribution in [2.75, 3.05) is 7.05 Å². The Morgan fingerprint density at radius 2 is 2.15 bits per heavy atom. The van der Waals surface area contributed by atoms with E-state index in [9.17, 15) is 10.1 Å². The van der Waals surface area contributed by atoms with E-state index < -0.39 is 4.92 Å². The quantitative estimate of drug-likeness (QED) is 0.665. The van der Waals surface area contributed by atoms with Crippen LogP contribution in [0.2, 0.25) is 0 Å². The van der Waals surface area contributed by atoms with Gasteiger partial charge in [0.25, 0.3) is 5.69 Å².